The van der Waals surface area contributed by atoms with E-state index in [4.69, 9.17) is 0 Å². The van der Waals surface area contributed by atoms with Gasteiger partial charge in [0.25, 0.3) is 0 Å². The third-order valence-electron chi connectivity index (χ3n) is 7.61. The van der Waals surface area contributed by atoms with Gasteiger partial charge in [0.2, 0.25) is 0 Å². The Morgan fingerprint density at radius 1 is 0.353 bits per heavy atom. The van der Waals surface area contributed by atoms with Crippen LogP contribution in [-0.4, -0.2) is 0 Å². The second kappa shape index (κ2) is 19.9. The number of hydrogen-bond donors (Lipinski definition) is 0. The van der Waals surface area contributed by atoms with E-state index in [1.165, 1.54) is 163 Å². The Bertz CT molecular complexity index is 669. The first kappa shape index (κ1) is 28.9. The van der Waals surface area contributed by atoms with Crippen LogP contribution in [0.2, 0.25) is 0 Å². The zero-order valence-corrected chi connectivity index (χ0v) is 23.0. The molecule has 0 saturated carbocycles. The normalized spacial score (nSPS) is 11.5. The molecule has 192 valence electrons. The minimum Gasteiger partial charge on any atom is -0.0654 e. The van der Waals surface area contributed by atoms with E-state index in [-0.39, 0.29) is 0 Å². The number of rotatable bonds is 22. The van der Waals surface area contributed by atoms with Crippen LogP contribution in [0.25, 0.3) is 10.8 Å². The van der Waals surface area contributed by atoms with Crippen molar-refractivity contribution < 1.29 is 0 Å². The van der Waals surface area contributed by atoms with Gasteiger partial charge >= 0.3 is 0 Å². The number of fused-ring (bicyclic) bond motifs is 1. The fraction of sp³-hybridized carbons (Fsp3) is 0.706. The Morgan fingerprint density at radius 2 is 0.676 bits per heavy atom. The van der Waals surface area contributed by atoms with Crippen LogP contribution in [0.4, 0.5) is 0 Å². The van der Waals surface area contributed by atoms with Crippen LogP contribution in [0, 0.1) is 0 Å². The van der Waals surface area contributed by atoms with E-state index < -0.39 is 0 Å². The molecule has 0 unspecified atom stereocenters. The molecule has 2 aromatic carbocycles. The molecule has 0 aliphatic rings. The highest BCUT2D eigenvalue weighted by Crippen LogP contribution is 2.21. The largest absolute Gasteiger partial charge is 0.0654 e. The van der Waals surface area contributed by atoms with Gasteiger partial charge in [-0.25, -0.2) is 0 Å². The Morgan fingerprint density at radius 3 is 1.03 bits per heavy atom. The summed E-state index contributed by atoms with van der Waals surface area (Å²) in [5.41, 5.74) is 3.06. The first-order valence-electron chi connectivity index (χ1n) is 15.3. The summed E-state index contributed by atoms with van der Waals surface area (Å²) in [4.78, 5) is 0. The summed E-state index contributed by atoms with van der Waals surface area (Å²) in [7, 11) is 0. The van der Waals surface area contributed by atoms with Crippen molar-refractivity contribution in [3.05, 3.63) is 47.5 Å². The molecule has 0 N–H and O–H groups in total. The van der Waals surface area contributed by atoms with Crippen molar-refractivity contribution in [3.63, 3.8) is 0 Å². The van der Waals surface area contributed by atoms with Gasteiger partial charge in [-0.05, 0) is 47.6 Å². The van der Waals surface area contributed by atoms with E-state index in [0.29, 0.717) is 0 Å². The summed E-state index contributed by atoms with van der Waals surface area (Å²) in [5.74, 6) is 0. The molecule has 2 rings (SSSR count). The predicted molar refractivity (Wildman–Crippen MR) is 155 cm³/mol. The van der Waals surface area contributed by atoms with Gasteiger partial charge in [0, 0.05) is 0 Å². The monoisotopic (exact) mass is 464 g/mol. The Hall–Kier alpha value is -1.30. The highest BCUT2D eigenvalue weighted by Gasteiger charge is 2.01. The fourth-order valence-electron chi connectivity index (χ4n) is 5.29. The number of hydrogen-bond acceptors (Lipinski definition) is 0. The highest BCUT2D eigenvalue weighted by atomic mass is 14.1. The lowest BCUT2D eigenvalue weighted by molar-refractivity contribution is 0.556. The van der Waals surface area contributed by atoms with E-state index in [9.17, 15) is 0 Å². The van der Waals surface area contributed by atoms with Gasteiger partial charge in [-0.3, -0.25) is 0 Å². The summed E-state index contributed by atoms with van der Waals surface area (Å²) in [6.45, 7) is 4.60. The molecule has 0 bridgehead atoms. The third-order valence-corrected chi connectivity index (χ3v) is 7.61. The zero-order valence-electron chi connectivity index (χ0n) is 23.0. The molecule has 0 saturated heterocycles. The second-order valence-electron chi connectivity index (χ2n) is 10.9. The van der Waals surface area contributed by atoms with Gasteiger partial charge in [0.1, 0.15) is 0 Å². The van der Waals surface area contributed by atoms with Crippen LogP contribution < -0.4 is 0 Å². The SMILES string of the molecule is CCCCCCCCCCCCc1ccc2ccc(CCCCCCCCCCCC)cc2c1. The van der Waals surface area contributed by atoms with Crippen LogP contribution in [0.5, 0.6) is 0 Å². The van der Waals surface area contributed by atoms with Crippen molar-refractivity contribution >= 4 is 10.8 Å². The molecular formula is C34H56. The summed E-state index contributed by atoms with van der Waals surface area (Å²) in [5, 5.41) is 2.85. The number of benzene rings is 2. The fourth-order valence-corrected chi connectivity index (χ4v) is 5.29. The molecule has 0 atom stereocenters. The van der Waals surface area contributed by atoms with E-state index in [2.05, 4.69) is 50.2 Å². The summed E-state index contributed by atoms with van der Waals surface area (Å²) in [6, 6.07) is 14.3. The Kier molecular flexibility index (Phi) is 17.0. The van der Waals surface area contributed by atoms with Gasteiger partial charge in [-0.1, -0.05) is 166 Å². The van der Waals surface area contributed by atoms with Crippen molar-refractivity contribution in [3.8, 4) is 0 Å². The minimum atomic E-state index is 1.25. The van der Waals surface area contributed by atoms with Gasteiger partial charge in [-0.2, -0.15) is 0 Å². The smallest absolute Gasteiger partial charge is 0.0179 e. The average Bonchev–Trinajstić information content (AvgIpc) is 2.86. The molecule has 0 fully saturated rings. The van der Waals surface area contributed by atoms with Gasteiger partial charge in [0.05, 0.1) is 0 Å². The third kappa shape index (κ3) is 13.6. The molecule has 0 amide bonds. The molecule has 0 radical (unpaired) electrons. The number of aryl methyl sites for hydroxylation is 2. The van der Waals surface area contributed by atoms with Crippen molar-refractivity contribution in [1.29, 1.82) is 0 Å². The molecular weight excluding hydrogens is 408 g/mol. The molecule has 0 nitrogen and oxygen atoms in total. The lowest BCUT2D eigenvalue weighted by Gasteiger charge is -2.07. The van der Waals surface area contributed by atoms with Crippen molar-refractivity contribution in [2.75, 3.05) is 0 Å². The van der Waals surface area contributed by atoms with Crippen LogP contribution in [0.15, 0.2) is 36.4 Å². The zero-order chi connectivity index (χ0) is 24.1. The molecule has 0 aliphatic heterocycles. The minimum absolute atomic E-state index is 1.25. The summed E-state index contributed by atoms with van der Waals surface area (Å²) < 4.78 is 0. The van der Waals surface area contributed by atoms with Crippen LogP contribution in [-0.2, 0) is 12.8 Å². The van der Waals surface area contributed by atoms with Gasteiger partial charge in [-0.15, -0.1) is 0 Å². The molecule has 0 spiro atoms. The highest BCUT2D eigenvalue weighted by molar-refractivity contribution is 5.83. The van der Waals surface area contributed by atoms with Gasteiger partial charge < -0.3 is 0 Å². The van der Waals surface area contributed by atoms with E-state index in [0.717, 1.165) is 0 Å². The van der Waals surface area contributed by atoms with Crippen molar-refractivity contribution in [2.24, 2.45) is 0 Å². The van der Waals surface area contributed by atoms with Crippen LogP contribution in [0.1, 0.15) is 153 Å². The predicted octanol–water partition coefficient (Wildman–Crippen LogP) is 11.8. The second-order valence-corrected chi connectivity index (χ2v) is 10.9. The summed E-state index contributed by atoms with van der Waals surface area (Å²) >= 11 is 0. The maximum Gasteiger partial charge on any atom is -0.0179 e. The maximum atomic E-state index is 2.46. The lowest BCUT2D eigenvalue weighted by Crippen LogP contribution is -1.89. The molecule has 0 heterocycles. The van der Waals surface area contributed by atoms with Crippen molar-refractivity contribution in [2.45, 2.75) is 155 Å². The lowest BCUT2D eigenvalue weighted by atomic mass is 9.98. The Balaban J connectivity index is 1.58. The van der Waals surface area contributed by atoms with E-state index >= 15 is 0 Å². The standard InChI is InChI=1S/C34H56/c1-3-5-7-9-11-13-15-17-19-21-23-31-25-27-33-28-26-32(30-34(33)29-31)24-22-20-18-16-14-12-10-8-6-4-2/h25-30H,3-24H2,1-2H3. The van der Waals surface area contributed by atoms with Gasteiger partial charge in [0.15, 0.2) is 0 Å². The molecule has 2 aromatic rings. The summed E-state index contributed by atoms with van der Waals surface area (Å²) in [6.07, 6.45) is 30.8. The molecule has 0 heteroatoms. The molecule has 34 heavy (non-hydrogen) atoms. The Labute approximate surface area is 213 Å². The van der Waals surface area contributed by atoms with Crippen molar-refractivity contribution in [1.82, 2.24) is 0 Å². The number of unbranched alkanes of at least 4 members (excludes halogenated alkanes) is 18. The quantitative estimate of drug-likeness (QED) is 0.152. The van der Waals surface area contributed by atoms with E-state index in [1.54, 1.807) is 0 Å². The maximum absolute atomic E-state index is 2.46. The topological polar surface area (TPSA) is 0 Å². The average molecular weight is 465 g/mol. The van der Waals surface area contributed by atoms with Crippen LogP contribution >= 0.6 is 0 Å². The van der Waals surface area contributed by atoms with Crippen LogP contribution in [0.3, 0.4) is 0 Å². The molecule has 0 aromatic heterocycles. The molecule has 0 aliphatic carbocycles. The van der Waals surface area contributed by atoms with E-state index in [1.807, 2.05) is 0 Å². The first-order valence-corrected chi connectivity index (χ1v) is 15.3. The first-order chi connectivity index (χ1) is 16.8.